The first kappa shape index (κ1) is 17.5. The van der Waals surface area contributed by atoms with Crippen LogP contribution in [0.25, 0.3) is 10.9 Å². The van der Waals surface area contributed by atoms with Crippen molar-refractivity contribution in [3.8, 4) is 11.5 Å². The Bertz CT molecular complexity index is 960. The van der Waals surface area contributed by atoms with E-state index in [-0.39, 0.29) is 5.84 Å². The van der Waals surface area contributed by atoms with E-state index in [4.69, 9.17) is 15.2 Å². The predicted octanol–water partition coefficient (Wildman–Crippen LogP) is 3.51. The number of benzene rings is 2. The van der Waals surface area contributed by atoms with E-state index in [2.05, 4.69) is 9.98 Å². The summed E-state index contributed by atoms with van der Waals surface area (Å²) in [6.07, 6.45) is 1.85. The highest BCUT2D eigenvalue weighted by molar-refractivity contribution is 6.09. The number of aromatic amines is 1. The van der Waals surface area contributed by atoms with Crippen LogP contribution in [0, 0.1) is 0 Å². The molecule has 0 aliphatic heterocycles. The maximum absolute atomic E-state index is 12.5. The van der Waals surface area contributed by atoms with Crippen molar-refractivity contribution in [2.75, 3.05) is 13.2 Å². The summed E-state index contributed by atoms with van der Waals surface area (Å²) in [6.45, 7) is 4.75. The number of fused-ring (bicyclic) bond motifs is 1. The first-order valence-corrected chi connectivity index (χ1v) is 8.48. The van der Waals surface area contributed by atoms with E-state index in [0.717, 1.165) is 10.9 Å². The van der Waals surface area contributed by atoms with Crippen molar-refractivity contribution in [2.24, 2.45) is 10.7 Å². The van der Waals surface area contributed by atoms with Crippen molar-refractivity contribution in [1.29, 1.82) is 0 Å². The summed E-state index contributed by atoms with van der Waals surface area (Å²) in [7, 11) is 0. The molecule has 3 rings (SSSR count). The Kier molecular flexibility index (Phi) is 5.22. The minimum absolute atomic E-state index is 0.165. The third kappa shape index (κ3) is 3.69. The van der Waals surface area contributed by atoms with Gasteiger partial charge in [0.1, 0.15) is 5.84 Å². The van der Waals surface area contributed by atoms with Crippen LogP contribution in [0.1, 0.15) is 29.8 Å². The van der Waals surface area contributed by atoms with Crippen LogP contribution in [-0.2, 0) is 0 Å². The molecule has 0 bridgehead atoms. The van der Waals surface area contributed by atoms with Crippen molar-refractivity contribution in [2.45, 2.75) is 13.8 Å². The molecular formula is C20H21N3O3. The molecule has 6 nitrogen and oxygen atoms in total. The molecule has 134 valence electrons. The maximum atomic E-state index is 12.5. The zero-order chi connectivity index (χ0) is 18.5. The third-order valence-electron chi connectivity index (χ3n) is 3.86. The molecule has 1 heterocycles. The molecule has 0 aliphatic carbocycles. The van der Waals surface area contributed by atoms with Crippen LogP contribution in [0.15, 0.2) is 53.7 Å². The lowest BCUT2D eigenvalue weighted by atomic mass is 10.1. The Morgan fingerprint density at radius 3 is 2.50 bits per heavy atom. The molecule has 0 fully saturated rings. The van der Waals surface area contributed by atoms with Gasteiger partial charge in [0.25, 0.3) is 5.91 Å². The Labute approximate surface area is 151 Å². The lowest BCUT2D eigenvalue weighted by Gasteiger charge is -2.11. The van der Waals surface area contributed by atoms with Crippen molar-refractivity contribution in [1.82, 2.24) is 4.98 Å². The number of nitrogens with two attached hydrogens (primary N) is 1. The van der Waals surface area contributed by atoms with Gasteiger partial charge < -0.3 is 20.2 Å². The standard InChI is InChI=1S/C20H21N3O3/c1-3-25-17-8-7-15(12-18(17)26-4-2)20(24)23-19(21)14-6-5-13-9-10-22-16(13)11-14/h5-12,22H,3-4H2,1-2H3,(H2,21,23,24). The molecule has 2 aromatic carbocycles. The van der Waals surface area contributed by atoms with Gasteiger partial charge in [-0.15, -0.1) is 0 Å². The molecule has 0 aliphatic rings. The fourth-order valence-electron chi connectivity index (χ4n) is 2.63. The minimum atomic E-state index is -0.432. The van der Waals surface area contributed by atoms with Gasteiger partial charge in [-0.25, -0.2) is 0 Å². The van der Waals surface area contributed by atoms with Gasteiger partial charge >= 0.3 is 0 Å². The number of aliphatic imine (C=N–C) groups is 1. The molecule has 3 N–H and O–H groups in total. The first-order valence-electron chi connectivity index (χ1n) is 8.48. The number of carbonyl (C=O) groups is 1. The Hall–Kier alpha value is -3.28. The zero-order valence-corrected chi connectivity index (χ0v) is 14.8. The van der Waals surface area contributed by atoms with Gasteiger partial charge in [-0.3, -0.25) is 4.79 Å². The first-order chi connectivity index (χ1) is 12.6. The van der Waals surface area contributed by atoms with E-state index < -0.39 is 5.91 Å². The monoisotopic (exact) mass is 351 g/mol. The average molecular weight is 351 g/mol. The summed E-state index contributed by atoms with van der Waals surface area (Å²) >= 11 is 0. The smallest absolute Gasteiger partial charge is 0.279 e. The molecule has 0 unspecified atom stereocenters. The van der Waals surface area contributed by atoms with Gasteiger partial charge in [-0.2, -0.15) is 4.99 Å². The molecule has 0 saturated heterocycles. The number of amides is 1. The molecule has 0 spiro atoms. The van der Waals surface area contributed by atoms with E-state index in [1.807, 2.05) is 44.3 Å². The van der Waals surface area contributed by atoms with Crippen LogP contribution in [0.2, 0.25) is 0 Å². The van der Waals surface area contributed by atoms with Crippen LogP contribution in [-0.4, -0.2) is 29.9 Å². The quantitative estimate of drug-likeness (QED) is 0.525. The normalized spacial score (nSPS) is 11.5. The minimum Gasteiger partial charge on any atom is -0.490 e. The fraction of sp³-hybridized carbons (Fsp3) is 0.200. The second-order valence-corrected chi connectivity index (χ2v) is 5.61. The van der Waals surface area contributed by atoms with Gasteiger partial charge in [0.2, 0.25) is 0 Å². The highest BCUT2D eigenvalue weighted by Crippen LogP contribution is 2.28. The summed E-state index contributed by atoms with van der Waals surface area (Å²) in [5, 5.41) is 1.07. The molecule has 1 amide bonds. The molecule has 6 heteroatoms. The number of aromatic nitrogens is 1. The number of rotatable bonds is 6. The third-order valence-corrected chi connectivity index (χ3v) is 3.86. The topological polar surface area (TPSA) is 89.7 Å². The molecule has 26 heavy (non-hydrogen) atoms. The summed E-state index contributed by atoms with van der Waals surface area (Å²) in [4.78, 5) is 19.6. The van der Waals surface area contributed by atoms with Crippen LogP contribution < -0.4 is 15.2 Å². The average Bonchev–Trinajstić information content (AvgIpc) is 3.11. The summed E-state index contributed by atoms with van der Waals surface area (Å²) in [5.74, 6) is 0.846. The lowest BCUT2D eigenvalue weighted by Crippen LogP contribution is -2.16. The molecule has 0 radical (unpaired) electrons. The Balaban J connectivity index is 1.87. The second-order valence-electron chi connectivity index (χ2n) is 5.61. The Morgan fingerprint density at radius 1 is 1.00 bits per heavy atom. The number of carbonyl (C=O) groups excluding carboxylic acids is 1. The van der Waals surface area contributed by atoms with Crippen molar-refractivity contribution >= 4 is 22.6 Å². The van der Waals surface area contributed by atoms with E-state index >= 15 is 0 Å². The number of ether oxygens (including phenoxy) is 2. The number of nitrogens with one attached hydrogen (secondary N) is 1. The zero-order valence-electron chi connectivity index (χ0n) is 14.8. The van der Waals surface area contributed by atoms with Crippen LogP contribution in [0.4, 0.5) is 0 Å². The van der Waals surface area contributed by atoms with Crippen LogP contribution in [0.3, 0.4) is 0 Å². The number of amidine groups is 1. The fourth-order valence-corrected chi connectivity index (χ4v) is 2.63. The largest absolute Gasteiger partial charge is 0.490 e. The van der Waals surface area contributed by atoms with Gasteiger partial charge in [0.15, 0.2) is 11.5 Å². The molecular weight excluding hydrogens is 330 g/mol. The lowest BCUT2D eigenvalue weighted by molar-refractivity contribution is 0.100. The number of nitrogens with zero attached hydrogens (tertiary/aromatic N) is 1. The highest BCUT2D eigenvalue weighted by atomic mass is 16.5. The molecule has 3 aromatic rings. The Morgan fingerprint density at radius 2 is 1.73 bits per heavy atom. The predicted molar refractivity (Wildman–Crippen MR) is 102 cm³/mol. The molecule has 0 atom stereocenters. The van der Waals surface area contributed by atoms with Gasteiger partial charge in [0, 0.05) is 22.8 Å². The number of hydrogen-bond acceptors (Lipinski definition) is 3. The van der Waals surface area contributed by atoms with E-state index in [0.29, 0.717) is 35.8 Å². The molecule has 0 saturated carbocycles. The van der Waals surface area contributed by atoms with E-state index in [9.17, 15) is 4.79 Å². The van der Waals surface area contributed by atoms with E-state index in [1.54, 1.807) is 18.2 Å². The SMILES string of the molecule is CCOc1ccc(C(=O)N=C(N)c2ccc3cc[nH]c3c2)cc1OCC. The van der Waals surface area contributed by atoms with Crippen molar-refractivity contribution in [3.63, 3.8) is 0 Å². The summed E-state index contributed by atoms with van der Waals surface area (Å²) in [6, 6.07) is 12.6. The maximum Gasteiger partial charge on any atom is 0.279 e. The number of H-pyrrole nitrogens is 1. The summed E-state index contributed by atoms with van der Waals surface area (Å²) < 4.78 is 11.1. The van der Waals surface area contributed by atoms with Crippen molar-refractivity contribution < 1.29 is 14.3 Å². The van der Waals surface area contributed by atoms with Crippen LogP contribution >= 0.6 is 0 Å². The van der Waals surface area contributed by atoms with Gasteiger partial charge in [-0.05, 0) is 49.6 Å². The van der Waals surface area contributed by atoms with Gasteiger partial charge in [0.05, 0.1) is 13.2 Å². The van der Waals surface area contributed by atoms with Crippen LogP contribution in [0.5, 0.6) is 11.5 Å². The van der Waals surface area contributed by atoms with Crippen molar-refractivity contribution in [3.05, 3.63) is 59.8 Å². The summed E-state index contributed by atoms with van der Waals surface area (Å²) in [5.41, 5.74) is 8.04. The highest BCUT2D eigenvalue weighted by Gasteiger charge is 2.12. The van der Waals surface area contributed by atoms with Gasteiger partial charge in [-0.1, -0.05) is 12.1 Å². The number of hydrogen-bond donors (Lipinski definition) is 2. The van der Waals surface area contributed by atoms with E-state index in [1.165, 1.54) is 0 Å². The molecule has 1 aromatic heterocycles. The second kappa shape index (κ2) is 7.74.